The van der Waals surface area contributed by atoms with Crippen LogP contribution in [0.15, 0.2) is 0 Å². The molecule has 232 valence electrons. The van der Waals surface area contributed by atoms with Gasteiger partial charge in [0.05, 0.1) is 0 Å². The first-order valence-electron chi connectivity index (χ1n) is 11.7. The van der Waals surface area contributed by atoms with Crippen molar-refractivity contribution in [1.82, 2.24) is 21.3 Å². The third kappa shape index (κ3) is 18.8. The standard InChI is InChI=1S/C20H32N6O12S2Se/c21-9(19(35)36)1-3-13(27)25-11(17(33)23-5-15(29)30)7-39-41-40-8-12(18(34)24-6-16(31)32)26-14(28)4-2-10(22)20(37)38/h9-12H,1-8,21-22H2,(H,23,33)(H,24,34)(H,25,27)(H,26,28)(H,29,30)(H,31,32)(H,35,36)(H,37,38)/p-2/t9-,10-,11-,12-/m0/s1. The van der Waals surface area contributed by atoms with Crippen molar-refractivity contribution in [3.05, 3.63) is 0 Å². The van der Waals surface area contributed by atoms with Gasteiger partial charge in [-0.1, -0.05) is 0 Å². The van der Waals surface area contributed by atoms with Gasteiger partial charge >= 0.3 is 247 Å². The second kappa shape index (κ2) is 20.7. The summed E-state index contributed by atoms with van der Waals surface area (Å²) in [6.45, 7) is -1.64. The molecule has 0 heterocycles. The summed E-state index contributed by atoms with van der Waals surface area (Å²) in [5.74, 6) is -9.20. The number of hydrogen-bond acceptors (Lipinski definition) is 14. The molecule has 0 bridgehead atoms. The zero-order chi connectivity index (χ0) is 31.5. The fourth-order valence-electron chi connectivity index (χ4n) is 2.54. The molecule has 21 heteroatoms. The van der Waals surface area contributed by atoms with Gasteiger partial charge in [0, 0.05) is 0 Å². The Morgan fingerprint density at radius 2 is 0.976 bits per heavy atom. The Hall–Kier alpha value is -3.10. The van der Waals surface area contributed by atoms with Gasteiger partial charge in [0.25, 0.3) is 0 Å². The third-order valence-electron chi connectivity index (χ3n) is 4.79. The monoisotopic (exact) mass is 690 g/mol. The van der Waals surface area contributed by atoms with Crippen LogP contribution < -0.4 is 53.2 Å². The molecule has 0 aromatic heterocycles. The number of rotatable bonds is 22. The number of carboxylic acid groups (broad SMARTS) is 4. The van der Waals surface area contributed by atoms with E-state index < -0.39 is 97.5 Å². The van der Waals surface area contributed by atoms with Crippen molar-refractivity contribution in [3.8, 4) is 0 Å². The molecule has 0 unspecified atom stereocenters. The zero-order valence-corrected chi connectivity index (χ0v) is 24.9. The molecule has 0 rings (SSSR count). The number of carboxylic acids is 4. The van der Waals surface area contributed by atoms with Crippen LogP contribution in [0.25, 0.3) is 0 Å². The molecule has 0 aromatic carbocycles. The second-order valence-corrected chi connectivity index (χ2v) is 15.4. The summed E-state index contributed by atoms with van der Waals surface area (Å²) in [5.41, 5.74) is 6.64. The average Bonchev–Trinajstić information content (AvgIpc) is 2.89. The summed E-state index contributed by atoms with van der Waals surface area (Å²) in [6, 6.07) is -4.73. The molecule has 0 spiro atoms. The number of nitrogens with one attached hydrogen (secondary N) is 4. The number of amides is 4. The summed E-state index contributed by atoms with van der Waals surface area (Å²) in [7, 11) is 2.29. The quantitative estimate of drug-likeness (QED) is 0.0454. The van der Waals surface area contributed by atoms with E-state index in [1.165, 1.54) is 0 Å². The Balaban J connectivity index is 5.05. The van der Waals surface area contributed by atoms with Crippen LogP contribution in [-0.2, 0) is 38.4 Å². The molecule has 0 aliphatic rings. The van der Waals surface area contributed by atoms with E-state index in [4.69, 9.17) is 0 Å². The summed E-state index contributed by atoms with van der Waals surface area (Å²) in [4.78, 5) is 91.9. The SMILES string of the molecule is [NH3+][C@@H](CCC(=O)N[C@@H](CS[Se]SC[C@H](NC(=O)CC[C@H]([NH3+])C(=O)[O-])C(=O)NCC(=O)[O-])C(=O)NCC(=O)[O-])C(=O)[O-]. The van der Waals surface area contributed by atoms with E-state index in [2.05, 4.69) is 32.7 Å². The molecule has 0 radical (unpaired) electrons. The van der Waals surface area contributed by atoms with Gasteiger partial charge in [-0.05, 0) is 0 Å². The normalized spacial score (nSPS) is 13.5. The van der Waals surface area contributed by atoms with Crippen molar-refractivity contribution >= 4 is 80.6 Å². The van der Waals surface area contributed by atoms with E-state index in [1.54, 1.807) is 0 Å². The Labute approximate surface area is 246 Å². The number of carbonyl (C=O) groups is 8. The number of carbonyl (C=O) groups excluding carboxylic acids is 8. The fourth-order valence-corrected chi connectivity index (χ4v) is 9.09. The van der Waals surface area contributed by atoms with Gasteiger partial charge in [-0.3, -0.25) is 0 Å². The Morgan fingerprint density at radius 3 is 1.27 bits per heavy atom. The summed E-state index contributed by atoms with van der Waals surface area (Å²) in [6.07, 6.45) is -0.914. The molecular formula is C20H30N6O12S2Se-2. The number of quaternary nitrogens is 2. The van der Waals surface area contributed by atoms with Crippen LogP contribution in [-0.4, -0.2) is 109 Å². The molecule has 0 saturated heterocycles. The van der Waals surface area contributed by atoms with E-state index in [-0.39, 0.29) is 37.2 Å². The maximum absolute atomic E-state index is 12.3. The Kier molecular flexibility index (Phi) is 19.2. The zero-order valence-electron chi connectivity index (χ0n) is 21.5. The first kappa shape index (κ1) is 37.9. The van der Waals surface area contributed by atoms with Crippen molar-refractivity contribution in [2.45, 2.75) is 49.9 Å². The topological polar surface area (TPSA) is 332 Å². The summed E-state index contributed by atoms with van der Waals surface area (Å²) in [5, 5.41) is 51.7. The van der Waals surface area contributed by atoms with Gasteiger partial charge < -0.3 is 0 Å². The second-order valence-electron chi connectivity index (χ2n) is 8.17. The van der Waals surface area contributed by atoms with E-state index >= 15 is 0 Å². The summed E-state index contributed by atoms with van der Waals surface area (Å²) >= 11 is -0.448. The van der Waals surface area contributed by atoms with Gasteiger partial charge in [0.2, 0.25) is 0 Å². The van der Waals surface area contributed by atoms with E-state index in [0.717, 1.165) is 20.4 Å². The molecule has 4 atom stereocenters. The predicted octanol–water partition coefficient (Wildman–Crippen LogP) is -11.0. The van der Waals surface area contributed by atoms with Crippen LogP contribution in [0.1, 0.15) is 25.7 Å². The average molecular weight is 690 g/mol. The molecule has 0 aliphatic carbocycles. The van der Waals surface area contributed by atoms with Crippen molar-refractivity contribution < 1.29 is 70.2 Å². The van der Waals surface area contributed by atoms with Crippen LogP contribution in [0, 0.1) is 0 Å². The molecule has 10 N–H and O–H groups in total. The van der Waals surface area contributed by atoms with E-state index in [0.29, 0.717) is 0 Å². The van der Waals surface area contributed by atoms with Crippen LogP contribution >= 0.6 is 20.4 Å². The fraction of sp³-hybridized carbons (Fsp3) is 0.600. The predicted molar refractivity (Wildman–Crippen MR) is 132 cm³/mol. The van der Waals surface area contributed by atoms with Crippen molar-refractivity contribution in [1.29, 1.82) is 0 Å². The van der Waals surface area contributed by atoms with Gasteiger partial charge in [-0.2, -0.15) is 0 Å². The van der Waals surface area contributed by atoms with Crippen molar-refractivity contribution in [2.24, 2.45) is 0 Å². The van der Waals surface area contributed by atoms with Crippen LogP contribution in [0.4, 0.5) is 0 Å². The molecule has 4 amide bonds. The van der Waals surface area contributed by atoms with Gasteiger partial charge in [0.15, 0.2) is 0 Å². The van der Waals surface area contributed by atoms with Crippen molar-refractivity contribution in [3.63, 3.8) is 0 Å². The van der Waals surface area contributed by atoms with Crippen LogP contribution in [0.2, 0.25) is 0 Å². The van der Waals surface area contributed by atoms with Crippen LogP contribution in [0.5, 0.6) is 0 Å². The summed E-state index contributed by atoms with van der Waals surface area (Å²) < 4.78 is 0. The van der Waals surface area contributed by atoms with Gasteiger partial charge in [-0.25, -0.2) is 0 Å². The molecule has 0 fully saturated rings. The molecule has 0 aliphatic heterocycles. The Morgan fingerprint density at radius 1 is 0.634 bits per heavy atom. The number of hydrogen-bond donors (Lipinski definition) is 6. The molecule has 18 nitrogen and oxygen atoms in total. The van der Waals surface area contributed by atoms with Gasteiger partial charge in [0.1, 0.15) is 0 Å². The van der Waals surface area contributed by atoms with E-state index in [1.807, 2.05) is 0 Å². The minimum atomic E-state index is -1.57. The molecular weight excluding hydrogens is 659 g/mol. The van der Waals surface area contributed by atoms with E-state index in [9.17, 15) is 58.8 Å². The van der Waals surface area contributed by atoms with Crippen molar-refractivity contribution in [2.75, 3.05) is 24.6 Å². The third-order valence-corrected chi connectivity index (χ3v) is 11.8. The molecule has 41 heavy (non-hydrogen) atoms. The number of aliphatic carboxylic acids is 4. The first-order chi connectivity index (χ1) is 19.1. The Bertz CT molecular complexity index is 901. The minimum absolute atomic E-state index is 0.0477. The first-order valence-corrected chi connectivity index (χ1v) is 17.7. The maximum atomic E-state index is 12.3. The van der Waals surface area contributed by atoms with Gasteiger partial charge in [-0.15, -0.1) is 0 Å². The molecule has 0 saturated carbocycles. The van der Waals surface area contributed by atoms with Crippen LogP contribution in [0.3, 0.4) is 0 Å². The molecule has 0 aromatic rings.